The summed E-state index contributed by atoms with van der Waals surface area (Å²) in [5.41, 5.74) is -1.50. The second-order valence-corrected chi connectivity index (χ2v) is 4.22. The monoisotopic (exact) mass is 330 g/mol. The second-order valence-electron chi connectivity index (χ2n) is 4.22. The topological polar surface area (TPSA) is 58.2 Å². The van der Waals surface area contributed by atoms with Crippen LogP contribution in [0.1, 0.15) is 10.4 Å². The van der Waals surface area contributed by atoms with E-state index >= 15 is 0 Å². The number of halogens is 5. The Bertz CT molecular complexity index is 751. The van der Waals surface area contributed by atoms with Crippen molar-refractivity contribution < 1.29 is 31.5 Å². The van der Waals surface area contributed by atoms with Crippen molar-refractivity contribution in [3.63, 3.8) is 0 Å². The minimum atomic E-state index is -2.36. The van der Waals surface area contributed by atoms with Crippen molar-refractivity contribution in [2.24, 2.45) is 0 Å². The van der Waals surface area contributed by atoms with Crippen molar-refractivity contribution in [1.29, 1.82) is 0 Å². The SMILES string of the molecule is O=C(NC(=O)c1ccccc1)Nc1c(F)c(F)c(F)c(F)c1F. The molecule has 2 N–H and O–H groups in total. The Morgan fingerprint density at radius 2 is 1.22 bits per heavy atom. The largest absolute Gasteiger partial charge is 0.326 e. The fourth-order valence-electron chi connectivity index (χ4n) is 1.62. The lowest BCUT2D eigenvalue weighted by Gasteiger charge is -2.10. The zero-order valence-corrected chi connectivity index (χ0v) is 11.1. The lowest BCUT2D eigenvalue weighted by molar-refractivity contribution is 0.0967. The Kier molecular flexibility index (Phi) is 4.58. The highest BCUT2D eigenvalue weighted by Crippen LogP contribution is 2.26. The smallest absolute Gasteiger partial charge is 0.302 e. The molecule has 0 saturated heterocycles. The highest BCUT2D eigenvalue weighted by Gasteiger charge is 2.27. The molecule has 0 bridgehead atoms. The zero-order chi connectivity index (χ0) is 17.1. The van der Waals surface area contributed by atoms with Crippen molar-refractivity contribution in [2.75, 3.05) is 5.32 Å². The number of amides is 3. The molecule has 120 valence electrons. The van der Waals surface area contributed by atoms with Gasteiger partial charge >= 0.3 is 6.03 Å². The molecule has 9 heteroatoms. The average Bonchev–Trinajstić information content (AvgIpc) is 2.56. The number of benzene rings is 2. The number of hydrogen-bond acceptors (Lipinski definition) is 2. The van der Waals surface area contributed by atoms with Gasteiger partial charge in [0, 0.05) is 5.56 Å². The van der Waals surface area contributed by atoms with Crippen molar-refractivity contribution in [1.82, 2.24) is 5.32 Å². The van der Waals surface area contributed by atoms with Gasteiger partial charge in [0.2, 0.25) is 5.82 Å². The number of imide groups is 1. The van der Waals surface area contributed by atoms with Gasteiger partial charge in [-0.3, -0.25) is 10.1 Å². The Morgan fingerprint density at radius 1 is 0.739 bits per heavy atom. The lowest BCUT2D eigenvalue weighted by atomic mass is 10.2. The van der Waals surface area contributed by atoms with Gasteiger partial charge in [0.25, 0.3) is 5.91 Å². The highest BCUT2D eigenvalue weighted by molar-refractivity contribution is 6.08. The highest BCUT2D eigenvalue weighted by atomic mass is 19.2. The minimum Gasteiger partial charge on any atom is -0.302 e. The van der Waals surface area contributed by atoms with E-state index in [-0.39, 0.29) is 5.56 Å². The van der Waals surface area contributed by atoms with Crippen LogP contribution < -0.4 is 10.6 Å². The molecule has 2 aromatic carbocycles. The molecule has 0 aliphatic heterocycles. The third-order valence-electron chi connectivity index (χ3n) is 2.71. The molecule has 0 radical (unpaired) electrons. The van der Waals surface area contributed by atoms with Gasteiger partial charge in [0.05, 0.1) is 0 Å². The molecule has 0 spiro atoms. The molecular formula is C14H7F5N2O2. The van der Waals surface area contributed by atoms with Gasteiger partial charge in [0.1, 0.15) is 5.69 Å². The summed E-state index contributed by atoms with van der Waals surface area (Å²) >= 11 is 0. The van der Waals surface area contributed by atoms with Crippen molar-refractivity contribution >= 4 is 17.6 Å². The molecule has 23 heavy (non-hydrogen) atoms. The van der Waals surface area contributed by atoms with E-state index in [0.29, 0.717) is 0 Å². The fraction of sp³-hybridized carbons (Fsp3) is 0. The van der Waals surface area contributed by atoms with Crippen LogP contribution in [0.2, 0.25) is 0 Å². The molecule has 0 aliphatic carbocycles. The maximum absolute atomic E-state index is 13.4. The molecule has 0 fully saturated rings. The van der Waals surface area contributed by atoms with Gasteiger partial charge in [-0.25, -0.2) is 26.7 Å². The quantitative estimate of drug-likeness (QED) is 0.504. The Hall–Kier alpha value is -2.97. The summed E-state index contributed by atoms with van der Waals surface area (Å²) in [4.78, 5) is 23.1. The van der Waals surface area contributed by atoms with Gasteiger partial charge in [-0.15, -0.1) is 0 Å². The van der Waals surface area contributed by atoms with E-state index in [1.807, 2.05) is 0 Å². The summed E-state index contributed by atoms with van der Waals surface area (Å²) in [6.45, 7) is 0. The van der Waals surface area contributed by atoms with Gasteiger partial charge in [-0.05, 0) is 12.1 Å². The molecule has 0 unspecified atom stereocenters. The molecule has 0 aliphatic rings. The Morgan fingerprint density at radius 3 is 1.74 bits per heavy atom. The van der Waals surface area contributed by atoms with Crippen LogP contribution in [0.5, 0.6) is 0 Å². The number of urea groups is 1. The van der Waals surface area contributed by atoms with Crippen LogP contribution in [0.15, 0.2) is 30.3 Å². The first kappa shape index (κ1) is 16.4. The fourth-order valence-corrected chi connectivity index (χ4v) is 1.62. The average molecular weight is 330 g/mol. The van der Waals surface area contributed by atoms with Gasteiger partial charge in [-0.1, -0.05) is 18.2 Å². The van der Waals surface area contributed by atoms with E-state index in [0.717, 1.165) is 0 Å². The molecule has 0 aromatic heterocycles. The molecule has 2 aromatic rings. The molecule has 2 rings (SSSR count). The van der Waals surface area contributed by atoms with Crippen LogP contribution in [0.25, 0.3) is 0 Å². The van der Waals surface area contributed by atoms with E-state index in [1.54, 1.807) is 11.4 Å². The van der Waals surface area contributed by atoms with Crippen LogP contribution in [-0.2, 0) is 0 Å². The Balaban J connectivity index is 2.20. The maximum Gasteiger partial charge on any atom is 0.326 e. The van der Waals surface area contributed by atoms with E-state index < -0.39 is 46.7 Å². The molecular weight excluding hydrogens is 323 g/mol. The second kappa shape index (κ2) is 6.42. The molecule has 3 amide bonds. The van der Waals surface area contributed by atoms with Crippen LogP contribution in [0.3, 0.4) is 0 Å². The summed E-state index contributed by atoms with van der Waals surface area (Å²) < 4.78 is 65.6. The van der Waals surface area contributed by atoms with Crippen molar-refractivity contribution in [2.45, 2.75) is 0 Å². The van der Waals surface area contributed by atoms with Crippen molar-refractivity contribution in [3.05, 3.63) is 65.0 Å². The van der Waals surface area contributed by atoms with E-state index in [2.05, 4.69) is 0 Å². The predicted molar refractivity (Wildman–Crippen MR) is 69.2 cm³/mol. The van der Waals surface area contributed by atoms with Crippen LogP contribution >= 0.6 is 0 Å². The number of carbonyl (C=O) groups is 2. The zero-order valence-electron chi connectivity index (χ0n) is 11.1. The first-order valence-corrected chi connectivity index (χ1v) is 6.01. The summed E-state index contributed by atoms with van der Waals surface area (Å²) in [5, 5.41) is 3.11. The van der Waals surface area contributed by atoms with Gasteiger partial charge < -0.3 is 5.32 Å². The third kappa shape index (κ3) is 3.28. The van der Waals surface area contributed by atoms with Gasteiger partial charge in [-0.2, -0.15) is 0 Å². The first-order chi connectivity index (χ1) is 10.8. The standard InChI is InChI=1S/C14H7F5N2O2/c15-7-8(16)10(18)12(11(19)9(7)17)20-14(23)21-13(22)6-4-2-1-3-5-6/h1-5H,(H2,20,21,22,23). The van der Waals surface area contributed by atoms with Crippen LogP contribution in [0, 0.1) is 29.1 Å². The summed E-state index contributed by atoms with van der Waals surface area (Å²) in [7, 11) is 0. The summed E-state index contributed by atoms with van der Waals surface area (Å²) in [6, 6.07) is 5.84. The molecule has 4 nitrogen and oxygen atoms in total. The van der Waals surface area contributed by atoms with E-state index in [9.17, 15) is 31.5 Å². The van der Waals surface area contributed by atoms with Crippen LogP contribution in [-0.4, -0.2) is 11.9 Å². The first-order valence-electron chi connectivity index (χ1n) is 6.01. The number of nitrogens with one attached hydrogen (secondary N) is 2. The third-order valence-corrected chi connectivity index (χ3v) is 2.71. The Labute approximate surface area is 125 Å². The molecule has 0 atom stereocenters. The number of rotatable bonds is 2. The normalized spacial score (nSPS) is 10.3. The predicted octanol–water partition coefficient (Wildman–Crippen LogP) is 3.34. The van der Waals surface area contributed by atoms with Crippen LogP contribution in [0.4, 0.5) is 32.4 Å². The number of carbonyl (C=O) groups excluding carboxylic acids is 2. The summed E-state index contributed by atoms with van der Waals surface area (Å²) in [6.07, 6.45) is 0. The molecule has 0 saturated carbocycles. The van der Waals surface area contributed by atoms with Gasteiger partial charge in [0.15, 0.2) is 23.3 Å². The van der Waals surface area contributed by atoms with E-state index in [4.69, 9.17) is 0 Å². The number of anilines is 1. The maximum atomic E-state index is 13.4. The van der Waals surface area contributed by atoms with Crippen molar-refractivity contribution in [3.8, 4) is 0 Å². The lowest BCUT2D eigenvalue weighted by Crippen LogP contribution is -2.35. The minimum absolute atomic E-state index is 0.0556. The van der Waals surface area contributed by atoms with E-state index in [1.165, 1.54) is 29.6 Å². The summed E-state index contributed by atoms with van der Waals surface area (Å²) in [5.74, 6) is -12.1. The number of hydrogen-bond donors (Lipinski definition) is 2. The molecule has 0 heterocycles.